The van der Waals surface area contributed by atoms with Crippen LogP contribution in [-0.2, 0) is 20.7 Å². The first-order valence-corrected chi connectivity index (χ1v) is 7.45. The third-order valence-electron chi connectivity index (χ3n) is 4.21. The van der Waals surface area contributed by atoms with Crippen molar-refractivity contribution >= 4 is 23.2 Å². The summed E-state index contributed by atoms with van der Waals surface area (Å²) in [6.45, 7) is 3.63. The number of anilines is 2. The monoisotopic (exact) mass is 288 g/mol. The molecule has 1 aromatic rings. The molecule has 1 N–H and O–H groups in total. The van der Waals surface area contributed by atoms with E-state index in [0.717, 1.165) is 42.7 Å². The molecular formula is C16H20N2O3. The van der Waals surface area contributed by atoms with Crippen LogP contribution >= 0.6 is 0 Å². The van der Waals surface area contributed by atoms with E-state index < -0.39 is 0 Å². The Kier molecular flexibility index (Phi) is 3.92. The number of hydrogen-bond acceptors (Lipinski definition) is 3. The van der Waals surface area contributed by atoms with Crippen LogP contribution in [0.2, 0.25) is 0 Å². The lowest BCUT2D eigenvalue weighted by molar-refractivity contribution is -0.122. The normalized spacial score (nSPS) is 18.4. The summed E-state index contributed by atoms with van der Waals surface area (Å²) in [6, 6.07) is 5.77. The highest BCUT2D eigenvalue weighted by molar-refractivity contribution is 5.96. The van der Waals surface area contributed by atoms with E-state index in [9.17, 15) is 9.59 Å². The third kappa shape index (κ3) is 2.93. The van der Waals surface area contributed by atoms with Crippen LogP contribution in [0.5, 0.6) is 0 Å². The van der Waals surface area contributed by atoms with Crippen LogP contribution in [0.15, 0.2) is 18.2 Å². The van der Waals surface area contributed by atoms with Crippen molar-refractivity contribution in [1.29, 1.82) is 0 Å². The lowest BCUT2D eigenvalue weighted by Gasteiger charge is -2.21. The second-order valence-electron chi connectivity index (χ2n) is 5.64. The lowest BCUT2D eigenvalue weighted by Crippen LogP contribution is -2.28. The molecule has 0 saturated carbocycles. The van der Waals surface area contributed by atoms with Gasteiger partial charge in [-0.3, -0.25) is 9.59 Å². The number of carbonyl (C=O) groups is 2. The smallest absolute Gasteiger partial charge is 0.227 e. The Morgan fingerprint density at radius 3 is 2.76 bits per heavy atom. The van der Waals surface area contributed by atoms with Crippen LogP contribution in [-0.4, -0.2) is 31.6 Å². The van der Waals surface area contributed by atoms with Crippen molar-refractivity contribution in [3.8, 4) is 0 Å². The quantitative estimate of drug-likeness (QED) is 0.905. The molecule has 0 aliphatic carbocycles. The van der Waals surface area contributed by atoms with Crippen molar-refractivity contribution in [3.05, 3.63) is 23.8 Å². The number of amides is 2. The van der Waals surface area contributed by atoms with Crippen molar-refractivity contribution in [2.45, 2.75) is 26.2 Å². The van der Waals surface area contributed by atoms with Gasteiger partial charge >= 0.3 is 0 Å². The minimum absolute atomic E-state index is 0.0423. The van der Waals surface area contributed by atoms with Crippen LogP contribution in [0.25, 0.3) is 0 Å². The van der Waals surface area contributed by atoms with E-state index in [1.807, 2.05) is 18.2 Å². The second kappa shape index (κ2) is 5.85. The molecule has 3 rings (SSSR count). The van der Waals surface area contributed by atoms with Gasteiger partial charge in [0, 0.05) is 44.0 Å². The zero-order valence-electron chi connectivity index (χ0n) is 12.2. The zero-order valence-corrected chi connectivity index (χ0v) is 12.2. The highest BCUT2D eigenvalue weighted by atomic mass is 16.5. The molecule has 2 heterocycles. The fourth-order valence-corrected chi connectivity index (χ4v) is 3.01. The molecule has 1 fully saturated rings. The van der Waals surface area contributed by atoms with E-state index in [1.165, 1.54) is 0 Å². The fraction of sp³-hybridized carbons (Fsp3) is 0.500. The van der Waals surface area contributed by atoms with Crippen molar-refractivity contribution in [2.24, 2.45) is 5.92 Å². The standard InChI is InChI=1S/C16H20N2O3/c1-11(19)18-7-4-13-10-14(2-3-15(13)18)17-16(20)12-5-8-21-9-6-12/h2-3,10,12H,4-9H2,1H3,(H,17,20). The van der Waals surface area contributed by atoms with E-state index in [0.29, 0.717) is 13.2 Å². The Balaban J connectivity index is 1.70. The molecule has 21 heavy (non-hydrogen) atoms. The molecule has 112 valence electrons. The average Bonchev–Trinajstić information content (AvgIpc) is 2.91. The number of hydrogen-bond donors (Lipinski definition) is 1. The largest absolute Gasteiger partial charge is 0.381 e. The van der Waals surface area contributed by atoms with E-state index in [4.69, 9.17) is 4.74 Å². The molecule has 0 bridgehead atoms. The molecule has 2 aliphatic rings. The molecule has 1 saturated heterocycles. The van der Waals surface area contributed by atoms with E-state index in [-0.39, 0.29) is 17.7 Å². The van der Waals surface area contributed by atoms with E-state index in [2.05, 4.69) is 5.32 Å². The average molecular weight is 288 g/mol. The summed E-state index contributed by atoms with van der Waals surface area (Å²) in [4.78, 5) is 25.5. The molecule has 2 amide bonds. The molecule has 1 aromatic carbocycles. The predicted octanol–water partition coefficient (Wildman–Crippen LogP) is 1.96. The van der Waals surface area contributed by atoms with Crippen molar-refractivity contribution in [1.82, 2.24) is 0 Å². The highest BCUT2D eigenvalue weighted by Crippen LogP contribution is 2.30. The predicted molar refractivity (Wildman–Crippen MR) is 80.3 cm³/mol. The zero-order chi connectivity index (χ0) is 14.8. The number of rotatable bonds is 2. The molecule has 5 heteroatoms. The van der Waals surface area contributed by atoms with Crippen molar-refractivity contribution in [3.63, 3.8) is 0 Å². The SMILES string of the molecule is CC(=O)N1CCc2cc(NC(=O)C3CCOCC3)ccc21. The molecule has 5 nitrogen and oxygen atoms in total. The van der Waals surface area contributed by atoms with Gasteiger partial charge in [-0.2, -0.15) is 0 Å². The van der Waals surface area contributed by atoms with E-state index in [1.54, 1.807) is 11.8 Å². The summed E-state index contributed by atoms with van der Waals surface area (Å²) in [7, 11) is 0. The molecule has 2 aliphatic heterocycles. The Labute approximate surface area is 124 Å². The van der Waals surface area contributed by atoms with Crippen molar-refractivity contribution in [2.75, 3.05) is 30.0 Å². The number of fused-ring (bicyclic) bond motifs is 1. The molecule has 0 spiro atoms. The van der Waals surface area contributed by atoms with Gasteiger partial charge in [-0.15, -0.1) is 0 Å². The van der Waals surface area contributed by atoms with Gasteiger partial charge in [0.1, 0.15) is 0 Å². The maximum Gasteiger partial charge on any atom is 0.227 e. The summed E-state index contributed by atoms with van der Waals surface area (Å²) in [6.07, 6.45) is 2.42. The molecular weight excluding hydrogens is 268 g/mol. The summed E-state index contributed by atoms with van der Waals surface area (Å²) >= 11 is 0. The molecule has 0 radical (unpaired) electrons. The molecule has 0 aromatic heterocycles. The van der Waals surface area contributed by atoms with Crippen LogP contribution in [0.4, 0.5) is 11.4 Å². The van der Waals surface area contributed by atoms with Crippen molar-refractivity contribution < 1.29 is 14.3 Å². The second-order valence-corrected chi connectivity index (χ2v) is 5.64. The summed E-state index contributed by atoms with van der Waals surface area (Å²) in [5.41, 5.74) is 2.90. The summed E-state index contributed by atoms with van der Waals surface area (Å²) in [5.74, 6) is 0.174. The van der Waals surface area contributed by atoms with Gasteiger partial charge in [0.05, 0.1) is 0 Å². The highest BCUT2D eigenvalue weighted by Gasteiger charge is 2.24. The topological polar surface area (TPSA) is 58.6 Å². The van der Waals surface area contributed by atoms with Crippen LogP contribution in [0.1, 0.15) is 25.3 Å². The summed E-state index contributed by atoms with van der Waals surface area (Å²) < 4.78 is 5.28. The number of carbonyl (C=O) groups excluding carboxylic acids is 2. The van der Waals surface area contributed by atoms with Gasteiger partial charge in [-0.05, 0) is 43.0 Å². The Hall–Kier alpha value is -1.88. The molecule has 0 atom stereocenters. The first-order valence-electron chi connectivity index (χ1n) is 7.45. The first-order chi connectivity index (χ1) is 10.1. The number of benzene rings is 1. The fourth-order valence-electron chi connectivity index (χ4n) is 3.01. The minimum Gasteiger partial charge on any atom is -0.381 e. The van der Waals surface area contributed by atoms with Gasteiger partial charge in [0.15, 0.2) is 0 Å². The number of nitrogens with zero attached hydrogens (tertiary/aromatic N) is 1. The van der Waals surface area contributed by atoms with E-state index >= 15 is 0 Å². The van der Waals surface area contributed by atoms with Gasteiger partial charge < -0.3 is 15.0 Å². The molecule has 0 unspecified atom stereocenters. The van der Waals surface area contributed by atoms with Gasteiger partial charge in [0.25, 0.3) is 0 Å². The van der Waals surface area contributed by atoms with Crippen LogP contribution < -0.4 is 10.2 Å². The van der Waals surface area contributed by atoms with Crippen LogP contribution in [0.3, 0.4) is 0 Å². The Morgan fingerprint density at radius 2 is 2.05 bits per heavy atom. The van der Waals surface area contributed by atoms with Gasteiger partial charge in [-0.25, -0.2) is 0 Å². The van der Waals surface area contributed by atoms with Crippen LogP contribution in [0, 0.1) is 5.92 Å². The number of nitrogens with one attached hydrogen (secondary N) is 1. The first kappa shape index (κ1) is 14.1. The van der Waals surface area contributed by atoms with Gasteiger partial charge in [0.2, 0.25) is 11.8 Å². The lowest BCUT2D eigenvalue weighted by atomic mass is 9.99. The summed E-state index contributed by atoms with van der Waals surface area (Å²) in [5, 5.41) is 2.99. The Morgan fingerprint density at radius 1 is 1.29 bits per heavy atom. The Bertz CT molecular complexity index is 565. The number of ether oxygens (including phenoxy) is 1. The van der Waals surface area contributed by atoms with Gasteiger partial charge in [-0.1, -0.05) is 0 Å². The maximum absolute atomic E-state index is 12.2. The minimum atomic E-state index is 0.0423. The third-order valence-corrected chi connectivity index (χ3v) is 4.21. The maximum atomic E-state index is 12.2.